The van der Waals surface area contributed by atoms with E-state index >= 15 is 0 Å². The van der Waals surface area contributed by atoms with Gasteiger partial charge in [-0.05, 0) is 40.3 Å². The van der Waals surface area contributed by atoms with Crippen LogP contribution in [0.3, 0.4) is 0 Å². The summed E-state index contributed by atoms with van der Waals surface area (Å²) in [6, 6.07) is 1.89. The number of nitrogens with one attached hydrogen (secondary N) is 1. The molecule has 6 nitrogen and oxygen atoms in total. The van der Waals surface area contributed by atoms with E-state index in [1.807, 2.05) is 11.4 Å². The second-order valence-electron chi connectivity index (χ2n) is 4.10. The summed E-state index contributed by atoms with van der Waals surface area (Å²) >= 11 is 4.86. The zero-order valence-electron chi connectivity index (χ0n) is 10.6. The van der Waals surface area contributed by atoms with E-state index in [0.717, 1.165) is 15.8 Å². The number of aryl methyl sites for hydroxylation is 1. The van der Waals surface area contributed by atoms with Crippen LogP contribution in [0.2, 0.25) is 0 Å². The number of nitrogens with two attached hydrogens (primary N) is 1. The average Bonchev–Trinajstić information content (AvgIpc) is 3.03. The first-order valence-electron chi connectivity index (χ1n) is 5.97. The zero-order chi connectivity index (χ0) is 14.6. The first kappa shape index (κ1) is 15.6. The van der Waals surface area contributed by atoms with E-state index < -0.39 is 10.0 Å². The first-order valence-corrected chi connectivity index (χ1v) is 9.12. The van der Waals surface area contributed by atoms with Crippen molar-refractivity contribution in [2.24, 2.45) is 5.73 Å². The molecule has 0 spiro atoms. The molecule has 110 valence electrons. The quantitative estimate of drug-likeness (QED) is 0.764. The summed E-state index contributed by atoms with van der Waals surface area (Å²) in [4.78, 5) is 1.10. The molecule has 0 aromatic carbocycles. The number of hydrogen-bond acceptors (Lipinski definition) is 5. The Balaban J connectivity index is 2.03. The van der Waals surface area contributed by atoms with Gasteiger partial charge < -0.3 is 5.73 Å². The Kier molecular flexibility index (Phi) is 5.33. The maximum absolute atomic E-state index is 12.1. The lowest BCUT2D eigenvalue weighted by Crippen LogP contribution is -2.22. The molecule has 2 aromatic rings. The van der Waals surface area contributed by atoms with E-state index in [4.69, 9.17) is 5.73 Å². The standard InChI is InChI=1S/C11H15BrN4O2S2/c12-10-2-5-19-11(10)7-15-20(17,18)9-6-14-16(8-9)4-1-3-13/h2,5-6,8,15H,1,3-4,7,13H2. The minimum Gasteiger partial charge on any atom is -0.330 e. The maximum Gasteiger partial charge on any atom is 0.244 e. The average molecular weight is 379 g/mol. The molecular formula is C11H15BrN4O2S2. The Morgan fingerprint density at radius 3 is 2.95 bits per heavy atom. The van der Waals surface area contributed by atoms with Crippen molar-refractivity contribution in [1.82, 2.24) is 14.5 Å². The third kappa shape index (κ3) is 3.89. The molecule has 0 fully saturated rings. The van der Waals surface area contributed by atoms with E-state index in [-0.39, 0.29) is 11.4 Å². The fraction of sp³-hybridized carbons (Fsp3) is 0.364. The molecule has 20 heavy (non-hydrogen) atoms. The molecule has 0 atom stereocenters. The molecule has 2 rings (SSSR count). The van der Waals surface area contributed by atoms with Gasteiger partial charge in [0.05, 0.1) is 6.20 Å². The van der Waals surface area contributed by atoms with E-state index in [9.17, 15) is 8.42 Å². The van der Waals surface area contributed by atoms with Gasteiger partial charge in [-0.3, -0.25) is 4.68 Å². The number of thiophene rings is 1. The van der Waals surface area contributed by atoms with Crippen molar-refractivity contribution in [1.29, 1.82) is 0 Å². The van der Waals surface area contributed by atoms with Crippen molar-refractivity contribution in [3.8, 4) is 0 Å². The number of halogens is 1. The van der Waals surface area contributed by atoms with Crippen molar-refractivity contribution >= 4 is 37.3 Å². The predicted octanol–water partition coefficient (Wildman–Crippen LogP) is 1.53. The van der Waals surface area contributed by atoms with Crippen LogP contribution in [0.15, 0.2) is 33.2 Å². The Morgan fingerprint density at radius 2 is 2.30 bits per heavy atom. The largest absolute Gasteiger partial charge is 0.330 e. The minimum atomic E-state index is -3.54. The highest BCUT2D eigenvalue weighted by Crippen LogP contribution is 2.22. The topological polar surface area (TPSA) is 90.0 Å². The Bertz CT molecular complexity index is 666. The van der Waals surface area contributed by atoms with E-state index in [0.29, 0.717) is 13.1 Å². The summed E-state index contributed by atoms with van der Waals surface area (Å²) in [6.45, 7) is 1.42. The highest BCUT2D eigenvalue weighted by Gasteiger charge is 2.17. The van der Waals surface area contributed by atoms with Crippen LogP contribution in [0.25, 0.3) is 0 Å². The number of sulfonamides is 1. The number of aromatic nitrogens is 2. The van der Waals surface area contributed by atoms with Gasteiger partial charge in [-0.15, -0.1) is 11.3 Å². The van der Waals surface area contributed by atoms with Crippen molar-refractivity contribution < 1.29 is 8.42 Å². The lowest BCUT2D eigenvalue weighted by Gasteiger charge is -2.03. The van der Waals surface area contributed by atoms with Gasteiger partial charge in [-0.2, -0.15) is 5.10 Å². The number of nitrogens with zero attached hydrogens (tertiary/aromatic N) is 2. The fourth-order valence-corrected chi connectivity index (χ4v) is 4.03. The van der Waals surface area contributed by atoms with Gasteiger partial charge in [0.15, 0.2) is 0 Å². The summed E-state index contributed by atoms with van der Waals surface area (Å²) in [6.07, 6.45) is 3.63. The monoisotopic (exact) mass is 378 g/mol. The normalized spacial score (nSPS) is 11.9. The van der Waals surface area contributed by atoms with Crippen LogP contribution in [0.4, 0.5) is 0 Å². The van der Waals surface area contributed by atoms with Crippen LogP contribution in [-0.2, 0) is 23.1 Å². The zero-order valence-corrected chi connectivity index (χ0v) is 13.8. The van der Waals surface area contributed by atoms with Crippen molar-refractivity contribution in [3.63, 3.8) is 0 Å². The molecular weight excluding hydrogens is 364 g/mol. The summed E-state index contributed by atoms with van der Waals surface area (Å²) in [5.74, 6) is 0. The number of rotatable bonds is 7. The summed E-state index contributed by atoms with van der Waals surface area (Å²) in [5.41, 5.74) is 5.41. The van der Waals surface area contributed by atoms with E-state index in [1.165, 1.54) is 23.7 Å². The maximum atomic E-state index is 12.1. The van der Waals surface area contributed by atoms with Crippen molar-refractivity contribution in [3.05, 3.63) is 33.2 Å². The lowest BCUT2D eigenvalue weighted by molar-refractivity contribution is 0.576. The van der Waals surface area contributed by atoms with Crippen LogP contribution < -0.4 is 10.5 Å². The molecule has 2 heterocycles. The minimum absolute atomic E-state index is 0.169. The Morgan fingerprint density at radius 1 is 1.50 bits per heavy atom. The molecule has 3 N–H and O–H groups in total. The van der Waals surface area contributed by atoms with Gasteiger partial charge in [0, 0.05) is 28.6 Å². The Hall–Kier alpha value is -0.740. The van der Waals surface area contributed by atoms with E-state index in [1.54, 1.807) is 4.68 Å². The number of hydrogen-bond donors (Lipinski definition) is 2. The van der Waals surface area contributed by atoms with Gasteiger partial charge in [-0.1, -0.05) is 0 Å². The summed E-state index contributed by atoms with van der Waals surface area (Å²) < 4.78 is 29.3. The van der Waals surface area contributed by atoms with Crippen LogP contribution in [0.5, 0.6) is 0 Å². The van der Waals surface area contributed by atoms with Gasteiger partial charge in [0.2, 0.25) is 10.0 Å². The molecule has 0 bridgehead atoms. The molecule has 0 unspecified atom stereocenters. The second-order valence-corrected chi connectivity index (χ2v) is 7.72. The first-order chi connectivity index (χ1) is 9.53. The van der Waals surface area contributed by atoms with Crippen LogP contribution in [0, 0.1) is 0 Å². The van der Waals surface area contributed by atoms with Gasteiger partial charge in [0.1, 0.15) is 4.90 Å². The molecule has 0 aliphatic rings. The van der Waals surface area contributed by atoms with Gasteiger partial charge in [0.25, 0.3) is 0 Å². The summed E-state index contributed by atoms with van der Waals surface area (Å²) in [5, 5.41) is 5.92. The lowest BCUT2D eigenvalue weighted by atomic mass is 10.4. The molecule has 2 aromatic heterocycles. The van der Waals surface area contributed by atoms with Crippen molar-refractivity contribution in [2.75, 3.05) is 6.54 Å². The smallest absolute Gasteiger partial charge is 0.244 e. The highest BCUT2D eigenvalue weighted by molar-refractivity contribution is 9.10. The molecule has 0 saturated carbocycles. The van der Waals surface area contributed by atoms with Gasteiger partial charge in [-0.25, -0.2) is 13.1 Å². The second kappa shape index (κ2) is 6.81. The SMILES string of the molecule is NCCCn1cc(S(=O)(=O)NCc2sccc2Br)cn1. The molecule has 9 heteroatoms. The Labute approximate surface area is 130 Å². The predicted molar refractivity (Wildman–Crippen MR) is 81.9 cm³/mol. The van der Waals surface area contributed by atoms with Crippen LogP contribution >= 0.6 is 27.3 Å². The van der Waals surface area contributed by atoms with E-state index in [2.05, 4.69) is 25.8 Å². The van der Waals surface area contributed by atoms with Crippen LogP contribution in [0.1, 0.15) is 11.3 Å². The summed E-state index contributed by atoms with van der Waals surface area (Å²) in [7, 11) is -3.54. The molecule has 0 saturated heterocycles. The molecule has 0 aliphatic carbocycles. The van der Waals surface area contributed by atoms with Crippen LogP contribution in [-0.4, -0.2) is 24.7 Å². The third-order valence-corrected chi connectivity index (χ3v) is 5.91. The van der Waals surface area contributed by atoms with Gasteiger partial charge >= 0.3 is 0 Å². The third-order valence-electron chi connectivity index (χ3n) is 2.62. The molecule has 0 amide bonds. The fourth-order valence-electron chi connectivity index (χ4n) is 1.55. The molecule has 0 radical (unpaired) electrons. The van der Waals surface area contributed by atoms with Crippen molar-refractivity contribution in [2.45, 2.75) is 24.4 Å². The highest BCUT2D eigenvalue weighted by atomic mass is 79.9. The molecule has 0 aliphatic heterocycles.